The highest BCUT2D eigenvalue weighted by Gasteiger charge is 2.41. The Morgan fingerprint density at radius 3 is 2.49 bits per heavy atom. The number of rotatable bonds is 6. The first kappa shape index (κ1) is 27.0. The minimum atomic E-state index is -1.19. The summed E-state index contributed by atoms with van der Waals surface area (Å²) in [5.41, 5.74) is 2.15. The summed E-state index contributed by atoms with van der Waals surface area (Å²) >= 11 is 6.78. The van der Waals surface area contributed by atoms with Crippen LogP contribution >= 0.6 is 11.6 Å². The molecule has 0 radical (unpaired) electrons. The summed E-state index contributed by atoms with van der Waals surface area (Å²) in [6, 6.07) is 15.0. The molecule has 0 bridgehead atoms. The number of esters is 1. The van der Waals surface area contributed by atoms with Crippen molar-refractivity contribution < 1.29 is 27.8 Å². The van der Waals surface area contributed by atoms with Gasteiger partial charge < -0.3 is 14.0 Å². The predicted molar refractivity (Wildman–Crippen MR) is 149 cm³/mol. The molecular weight excluding hydrogens is 554 g/mol. The number of halogens is 3. The number of alkyl halides is 1. The van der Waals surface area contributed by atoms with Gasteiger partial charge in [0.25, 0.3) is 0 Å². The van der Waals surface area contributed by atoms with E-state index in [0.717, 1.165) is 22.8 Å². The van der Waals surface area contributed by atoms with E-state index in [2.05, 4.69) is 0 Å². The SMILES string of the molecule is CCOC(=O)c1cn(C2CC2F)c2c(Cl)c(-c3ccc4c(c3)CN(C(=O)OCc3ccccc3)C4)c(F)cc2c1=O. The molecule has 1 saturated carbocycles. The van der Waals surface area contributed by atoms with Crippen molar-refractivity contribution in [3.63, 3.8) is 0 Å². The first-order valence-corrected chi connectivity index (χ1v) is 13.6. The summed E-state index contributed by atoms with van der Waals surface area (Å²) in [6.07, 6.45) is -0.221. The van der Waals surface area contributed by atoms with E-state index in [1.54, 1.807) is 30.0 Å². The number of nitrogens with zero attached hydrogens (tertiary/aromatic N) is 2. The molecule has 4 aromatic rings. The van der Waals surface area contributed by atoms with Crippen molar-refractivity contribution in [2.24, 2.45) is 0 Å². The van der Waals surface area contributed by atoms with Gasteiger partial charge in [0.15, 0.2) is 0 Å². The normalized spacial score (nSPS) is 17.4. The predicted octanol–water partition coefficient (Wildman–Crippen LogP) is 6.57. The lowest BCUT2D eigenvalue weighted by Gasteiger charge is -2.17. The van der Waals surface area contributed by atoms with Gasteiger partial charge in [0.1, 0.15) is 24.2 Å². The van der Waals surface area contributed by atoms with Gasteiger partial charge >= 0.3 is 12.1 Å². The Morgan fingerprint density at radius 2 is 1.78 bits per heavy atom. The second-order valence-electron chi connectivity index (χ2n) is 10.1. The van der Waals surface area contributed by atoms with Crippen LogP contribution in [0.15, 0.2) is 65.6 Å². The standard InChI is InChI=1S/C31H25ClF2N2O5/c1-2-40-30(38)22-15-36(25-12-23(25)33)28-21(29(22)37)11-24(34)26(27(28)32)18-8-9-19-13-35(14-20(19)10-18)31(39)41-16-17-6-4-3-5-7-17/h3-11,15,23,25H,2,12-14,16H2,1H3. The van der Waals surface area contributed by atoms with Crippen molar-refractivity contribution in [1.29, 1.82) is 0 Å². The lowest BCUT2D eigenvalue weighted by Crippen LogP contribution is -2.25. The van der Waals surface area contributed by atoms with Gasteiger partial charge in [-0.3, -0.25) is 9.69 Å². The highest BCUT2D eigenvalue weighted by atomic mass is 35.5. The number of carbonyl (C=O) groups excluding carboxylic acids is 2. The number of carbonyl (C=O) groups is 2. The van der Waals surface area contributed by atoms with Gasteiger partial charge in [0.2, 0.25) is 5.43 Å². The van der Waals surface area contributed by atoms with Gasteiger partial charge in [-0.25, -0.2) is 18.4 Å². The first-order chi connectivity index (χ1) is 19.8. The van der Waals surface area contributed by atoms with Gasteiger partial charge in [0, 0.05) is 31.3 Å². The lowest BCUT2D eigenvalue weighted by atomic mass is 9.98. The highest BCUT2D eigenvalue weighted by molar-refractivity contribution is 6.38. The summed E-state index contributed by atoms with van der Waals surface area (Å²) in [4.78, 5) is 39.9. The van der Waals surface area contributed by atoms with Crippen molar-refractivity contribution in [2.45, 2.75) is 45.3 Å². The molecule has 1 aromatic heterocycles. The fourth-order valence-corrected chi connectivity index (χ4v) is 5.65. The minimum Gasteiger partial charge on any atom is -0.462 e. The zero-order valence-electron chi connectivity index (χ0n) is 22.0. The van der Waals surface area contributed by atoms with Crippen molar-refractivity contribution in [3.05, 3.63) is 104 Å². The van der Waals surface area contributed by atoms with E-state index >= 15 is 4.39 Å². The number of hydrogen-bond donors (Lipinski definition) is 0. The molecule has 2 atom stereocenters. The average Bonchev–Trinajstić information content (AvgIpc) is 3.53. The molecule has 210 valence electrons. The number of pyridine rings is 1. The lowest BCUT2D eigenvalue weighted by molar-refractivity contribution is 0.0524. The second kappa shape index (κ2) is 10.6. The van der Waals surface area contributed by atoms with Crippen molar-refractivity contribution >= 4 is 34.6 Å². The molecule has 1 aliphatic heterocycles. The molecule has 1 amide bonds. The summed E-state index contributed by atoms with van der Waals surface area (Å²) in [5.74, 6) is -1.63. The third kappa shape index (κ3) is 4.95. The molecule has 7 nitrogen and oxygen atoms in total. The molecule has 1 fully saturated rings. The molecule has 0 saturated heterocycles. The molecular formula is C31H25ClF2N2O5. The highest BCUT2D eigenvalue weighted by Crippen LogP contribution is 2.44. The molecule has 2 unspecified atom stereocenters. The second-order valence-corrected chi connectivity index (χ2v) is 10.5. The van der Waals surface area contributed by atoms with E-state index < -0.39 is 35.5 Å². The van der Waals surface area contributed by atoms with Gasteiger partial charge in [-0.2, -0.15) is 0 Å². The van der Waals surface area contributed by atoms with Crippen molar-refractivity contribution in [1.82, 2.24) is 9.47 Å². The summed E-state index contributed by atoms with van der Waals surface area (Å²) in [6.45, 7) is 2.40. The average molecular weight is 579 g/mol. The van der Waals surface area contributed by atoms with Crippen LogP contribution in [0.25, 0.3) is 22.0 Å². The maximum absolute atomic E-state index is 15.7. The summed E-state index contributed by atoms with van der Waals surface area (Å²) < 4.78 is 41.8. The molecule has 0 spiro atoms. The molecule has 3 aromatic carbocycles. The van der Waals surface area contributed by atoms with Gasteiger partial charge in [-0.05, 0) is 41.3 Å². The Bertz CT molecular complexity index is 1760. The number of fused-ring (bicyclic) bond motifs is 2. The van der Waals surface area contributed by atoms with Crippen molar-refractivity contribution in [2.75, 3.05) is 6.61 Å². The monoisotopic (exact) mass is 578 g/mol. The van der Waals surface area contributed by atoms with E-state index in [1.165, 1.54) is 10.8 Å². The minimum absolute atomic E-state index is 0.0417. The third-order valence-corrected chi connectivity index (χ3v) is 7.79. The van der Waals surface area contributed by atoms with Crippen LogP contribution in [0.5, 0.6) is 0 Å². The van der Waals surface area contributed by atoms with Crippen molar-refractivity contribution in [3.8, 4) is 11.1 Å². The van der Waals surface area contributed by atoms with Crippen LogP contribution in [0.4, 0.5) is 13.6 Å². The number of ether oxygens (including phenoxy) is 2. The number of amides is 1. The first-order valence-electron chi connectivity index (χ1n) is 13.2. The van der Waals surface area contributed by atoms with Gasteiger partial charge in [-0.15, -0.1) is 0 Å². The zero-order chi connectivity index (χ0) is 28.8. The Kier molecular flexibility index (Phi) is 6.99. The quantitative estimate of drug-likeness (QED) is 0.242. The van der Waals surface area contributed by atoms with Crippen LogP contribution in [0.3, 0.4) is 0 Å². The number of benzene rings is 3. The maximum atomic E-state index is 15.7. The summed E-state index contributed by atoms with van der Waals surface area (Å²) in [5, 5.41) is -0.196. The fraction of sp³-hybridized carbons (Fsp3) is 0.258. The molecule has 1 aliphatic carbocycles. The van der Waals surface area contributed by atoms with Gasteiger partial charge in [0.05, 0.1) is 28.6 Å². The maximum Gasteiger partial charge on any atom is 0.410 e. The fourth-order valence-electron chi connectivity index (χ4n) is 5.25. The van der Waals surface area contributed by atoms with Crippen LogP contribution in [0.2, 0.25) is 5.02 Å². The van der Waals surface area contributed by atoms with Crippen LogP contribution in [-0.4, -0.2) is 34.3 Å². The molecule has 2 aliphatic rings. The smallest absolute Gasteiger partial charge is 0.410 e. The Balaban J connectivity index is 1.34. The Labute approximate surface area is 238 Å². The Morgan fingerprint density at radius 1 is 1.05 bits per heavy atom. The van der Waals surface area contributed by atoms with Crippen LogP contribution in [-0.2, 0) is 29.2 Å². The third-order valence-electron chi connectivity index (χ3n) is 7.42. The zero-order valence-corrected chi connectivity index (χ0v) is 22.8. The topological polar surface area (TPSA) is 77.8 Å². The largest absolute Gasteiger partial charge is 0.462 e. The van der Waals surface area contributed by atoms with E-state index in [9.17, 15) is 18.8 Å². The molecule has 2 heterocycles. The number of hydrogen-bond acceptors (Lipinski definition) is 5. The Hall–Kier alpha value is -4.24. The van der Waals surface area contributed by atoms with E-state index in [1.807, 2.05) is 30.3 Å². The molecule has 6 rings (SSSR count). The number of aromatic nitrogens is 1. The van der Waals surface area contributed by atoms with E-state index in [4.69, 9.17) is 21.1 Å². The van der Waals surface area contributed by atoms with Crippen LogP contribution in [0, 0.1) is 5.82 Å². The van der Waals surface area contributed by atoms with E-state index in [-0.39, 0.29) is 53.2 Å². The van der Waals surface area contributed by atoms with Gasteiger partial charge in [-0.1, -0.05) is 54.1 Å². The molecule has 10 heteroatoms. The van der Waals surface area contributed by atoms with Crippen LogP contribution < -0.4 is 5.43 Å². The molecule has 41 heavy (non-hydrogen) atoms. The van der Waals surface area contributed by atoms with E-state index in [0.29, 0.717) is 12.1 Å². The molecule has 0 N–H and O–H groups in total. The van der Waals surface area contributed by atoms with Crippen LogP contribution in [0.1, 0.15) is 46.4 Å². The summed E-state index contributed by atoms with van der Waals surface area (Å²) in [7, 11) is 0.